The molecule has 2 heterocycles. The monoisotopic (exact) mass is 332 g/mol. The zero-order chi connectivity index (χ0) is 17.1. The minimum absolute atomic E-state index is 0.0663. The maximum atomic E-state index is 13.5. The van der Waals surface area contributed by atoms with Gasteiger partial charge in [-0.3, -0.25) is 4.79 Å². The number of aryl methyl sites for hydroxylation is 1. The van der Waals surface area contributed by atoms with Gasteiger partial charge in [-0.1, -0.05) is 12.1 Å². The highest BCUT2D eigenvalue weighted by Crippen LogP contribution is 2.20. The quantitative estimate of drug-likeness (QED) is 0.873. The van der Waals surface area contributed by atoms with Crippen molar-refractivity contribution in [2.75, 3.05) is 20.1 Å². The van der Waals surface area contributed by atoms with Crippen LogP contribution in [0.2, 0.25) is 0 Å². The number of tetrazole rings is 1. The fourth-order valence-electron chi connectivity index (χ4n) is 3.08. The number of hydrogen-bond acceptors (Lipinski definition) is 5. The number of nitrogens with one attached hydrogen (secondary N) is 1. The molecule has 1 aromatic carbocycles. The second kappa shape index (κ2) is 7.04. The van der Waals surface area contributed by atoms with Crippen LogP contribution in [0.3, 0.4) is 0 Å². The molecule has 3 rings (SSSR count). The van der Waals surface area contributed by atoms with Gasteiger partial charge >= 0.3 is 0 Å². The van der Waals surface area contributed by atoms with Gasteiger partial charge in [0.15, 0.2) is 0 Å². The first-order valence-corrected chi connectivity index (χ1v) is 8.02. The fourth-order valence-corrected chi connectivity index (χ4v) is 3.08. The van der Waals surface area contributed by atoms with Crippen molar-refractivity contribution in [3.8, 4) is 0 Å². The van der Waals surface area contributed by atoms with Gasteiger partial charge in [-0.2, -0.15) is 0 Å². The second-order valence-electron chi connectivity index (χ2n) is 6.12. The summed E-state index contributed by atoms with van der Waals surface area (Å²) in [6.07, 6.45) is 1.26. The first-order valence-electron chi connectivity index (χ1n) is 8.02. The third kappa shape index (κ3) is 3.43. The Balaban J connectivity index is 1.87. The molecule has 0 bridgehead atoms. The number of benzene rings is 1. The molecule has 128 valence electrons. The third-order valence-electron chi connectivity index (χ3n) is 4.49. The summed E-state index contributed by atoms with van der Waals surface area (Å²) in [5, 5.41) is 14.8. The molecular formula is C16H21FN6O. The highest BCUT2D eigenvalue weighted by molar-refractivity contribution is 5.81. The van der Waals surface area contributed by atoms with E-state index in [0.717, 1.165) is 25.1 Å². The van der Waals surface area contributed by atoms with Crippen LogP contribution >= 0.6 is 0 Å². The lowest BCUT2D eigenvalue weighted by Crippen LogP contribution is -2.43. The highest BCUT2D eigenvalue weighted by atomic mass is 19.1. The number of carbonyl (C=O) groups is 1. The van der Waals surface area contributed by atoms with Gasteiger partial charge < -0.3 is 10.2 Å². The number of halogens is 1. The molecule has 0 radical (unpaired) electrons. The van der Waals surface area contributed by atoms with Crippen LogP contribution in [0.4, 0.5) is 4.39 Å². The van der Waals surface area contributed by atoms with Gasteiger partial charge in [0.05, 0.1) is 0 Å². The molecule has 24 heavy (non-hydrogen) atoms. The summed E-state index contributed by atoms with van der Waals surface area (Å²) in [5.74, 6) is 0.173. The van der Waals surface area contributed by atoms with Crippen LogP contribution in [0.25, 0.3) is 0 Å². The fraction of sp³-hybridized carbons (Fsp3) is 0.500. The molecule has 1 amide bonds. The number of aromatic nitrogens is 4. The summed E-state index contributed by atoms with van der Waals surface area (Å²) in [7, 11) is 1.80. The molecule has 1 fully saturated rings. The van der Waals surface area contributed by atoms with Crippen LogP contribution in [0.1, 0.15) is 23.9 Å². The lowest BCUT2D eigenvalue weighted by atomic mass is 10.0. The van der Waals surface area contributed by atoms with E-state index < -0.39 is 6.04 Å². The summed E-state index contributed by atoms with van der Waals surface area (Å²) in [5.41, 5.74) is 0.737. The van der Waals surface area contributed by atoms with Gasteiger partial charge in [0.25, 0.3) is 0 Å². The maximum absolute atomic E-state index is 13.5. The van der Waals surface area contributed by atoms with Crippen LogP contribution in [0, 0.1) is 12.7 Å². The Bertz CT molecular complexity index is 712. The number of hydrogen-bond donors (Lipinski definition) is 1. The molecule has 2 atom stereocenters. The normalized spacial score (nSPS) is 18.5. The summed E-state index contributed by atoms with van der Waals surface area (Å²) >= 11 is 0. The van der Waals surface area contributed by atoms with Crippen molar-refractivity contribution in [3.63, 3.8) is 0 Å². The Morgan fingerprint density at radius 3 is 3.00 bits per heavy atom. The summed E-state index contributed by atoms with van der Waals surface area (Å²) in [6.45, 7) is 3.44. The first-order chi connectivity index (χ1) is 11.6. The standard InChI is InChI=1S/C16H21FN6O/c1-11-19-20-21-23(11)15(9-12-4-3-5-13(17)8-12)16(24)22(2)14-6-7-18-10-14/h3-5,8,14-15,18H,6-7,9-10H2,1-2H3. The van der Waals surface area contributed by atoms with Crippen LogP contribution in [-0.2, 0) is 11.2 Å². The molecule has 8 heteroatoms. The van der Waals surface area contributed by atoms with E-state index in [-0.39, 0.29) is 17.8 Å². The predicted octanol–water partition coefficient (Wildman–Crippen LogP) is 0.725. The van der Waals surface area contributed by atoms with Gasteiger partial charge in [-0.05, 0) is 48.0 Å². The molecule has 1 saturated heterocycles. The Labute approximate surface area is 139 Å². The van der Waals surface area contributed by atoms with Gasteiger partial charge in [0.2, 0.25) is 5.91 Å². The van der Waals surface area contributed by atoms with E-state index in [1.807, 2.05) is 0 Å². The molecule has 2 aromatic rings. The van der Waals surface area contributed by atoms with Crippen molar-refractivity contribution in [3.05, 3.63) is 41.5 Å². The van der Waals surface area contributed by atoms with Crippen molar-refractivity contribution in [2.24, 2.45) is 0 Å². The van der Waals surface area contributed by atoms with Gasteiger partial charge in [-0.25, -0.2) is 9.07 Å². The van der Waals surface area contributed by atoms with E-state index in [1.54, 1.807) is 31.0 Å². The third-order valence-corrected chi connectivity index (χ3v) is 4.49. The number of carbonyl (C=O) groups excluding carboxylic acids is 1. The lowest BCUT2D eigenvalue weighted by Gasteiger charge is -2.28. The molecule has 7 nitrogen and oxygen atoms in total. The number of amides is 1. The van der Waals surface area contributed by atoms with Gasteiger partial charge in [0.1, 0.15) is 17.7 Å². The average Bonchev–Trinajstić information content (AvgIpc) is 3.23. The Morgan fingerprint density at radius 1 is 1.54 bits per heavy atom. The average molecular weight is 332 g/mol. The minimum Gasteiger partial charge on any atom is -0.340 e. The zero-order valence-corrected chi connectivity index (χ0v) is 13.8. The Kier molecular flexibility index (Phi) is 4.84. The molecule has 1 N–H and O–H groups in total. The molecule has 1 aliphatic heterocycles. The highest BCUT2D eigenvalue weighted by Gasteiger charge is 2.31. The van der Waals surface area contributed by atoms with Crippen LogP contribution in [0.5, 0.6) is 0 Å². The Hall–Kier alpha value is -2.35. The van der Waals surface area contributed by atoms with E-state index in [0.29, 0.717) is 12.2 Å². The Morgan fingerprint density at radius 2 is 2.38 bits per heavy atom. The topological polar surface area (TPSA) is 75.9 Å². The number of likely N-dealkylation sites (N-methyl/N-ethyl adjacent to an activating group) is 1. The van der Waals surface area contributed by atoms with Crippen molar-refractivity contribution in [1.82, 2.24) is 30.4 Å². The number of nitrogens with zero attached hydrogens (tertiary/aromatic N) is 5. The van der Waals surface area contributed by atoms with E-state index in [1.165, 1.54) is 16.8 Å². The predicted molar refractivity (Wildman–Crippen MR) is 85.7 cm³/mol. The van der Waals surface area contributed by atoms with E-state index in [2.05, 4.69) is 20.8 Å². The van der Waals surface area contributed by atoms with E-state index >= 15 is 0 Å². The molecule has 1 aliphatic rings. The molecule has 0 saturated carbocycles. The molecular weight excluding hydrogens is 311 g/mol. The van der Waals surface area contributed by atoms with E-state index in [4.69, 9.17) is 0 Å². The summed E-state index contributed by atoms with van der Waals surface area (Å²) in [6, 6.07) is 5.84. The zero-order valence-electron chi connectivity index (χ0n) is 13.8. The molecule has 0 spiro atoms. The van der Waals surface area contributed by atoms with Crippen molar-refractivity contribution >= 4 is 5.91 Å². The molecule has 2 unspecified atom stereocenters. The summed E-state index contributed by atoms with van der Waals surface area (Å²) in [4.78, 5) is 14.8. The molecule has 0 aliphatic carbocycles. The smallest absolute Gasteiger partial charge is 0.247 e. The maximum Gasteiger partial charge on any atom is 0.247 e. The van der Waals surface area contributed by atoms with E-state index in [9.17, 15) is 9.18 Å². The van der Waals surface area contributed by atoms with Crippen LogP contribution in [0.15, 0.2) is 24.3 Å². The first kappa shape index (κ1) is 16.5. The van der Waals surface area contributed by atoms with Crippen LogP contribution < -0.4 is 5.32 Å². The molecule has 1 aromatic heterocycles. The number of rotatable bonds is 5. The minimum atomic E-state index is -0.590. The van der Waals surface area contributed by atoms with Crippen LogP contribution in [-0.4, -0.2) is 57.2 Å². The SMILES string of the molecule is Cc1nnnn1C(Cc1cccc(F)c1)C(=O)N(C)C1CCNC1. The van der Waals surface area contributed by atoms with Crippen molar-refractivity contribution < 1.29 is 9.18 Å². The van der Waals surface area contributed by atoms with Gasteiger partial charge in [-0.15, -0.1) is 5.10 Å². The second-order valence-corrected chi connectivity index (χ2v) is 6.12. The largest absolute Gasteiger partial charge is 0.340 e. The van der Waals surface area contributed by atoms with Crippen molar-refractivity contribution in [1.29, 1.82) is 0 Å². The lowest BCUT2D eigenvalue weighted by molar-refractivity contribution is -0.135. The van der Waals surface area contributed by atoms with Crippen molar-refractivity contribution in [2.45, 2.75) is 31.8 Å². The summed E-state index contributed by atoms with van der Waals surface area (Å²) < 4.78 is 15.0. The van der Waals surface area contributed by atoms with Gasteiger partial charge in [0, 0.05) is 26.1 Å².